The third kappa shape index (κ3) is 4.37. The molecule has 1 nitrogen and oxygen atoms in total. The van der Waals surface area contributed by atoms with Crippen molar-refractivity contribution in [3.8, 4) is 33.4 Å². The van der Waals surface area contributed by atoms with Crippen LogP contribution < -0.4 is 0 Å². The first-order valence-corrected chi connectivity index (χ1v) is 18.8. The lowest BCUT2D eigenvalue weighted by molar-refractivity contribution is 0.0978. The number of hydrogen-bond donors (Lipinski definition) is 0. The molecule has 2 atom stereocenters. The molecule has 0 saturated carbocycles. The SMILES string of the molecule is CCCc1ccc2c(c1)C1=C(CCC=C1)C21c2ccccc2-c2c(-c3ccc(C4CCC(=O)c5ccccc5-c5ccccc54)cc3)cccc21. The van der Waals surface area contributed by atoms with Crippen LogP contribution in [-0.2, 0) is 11.8 Å². The van der Waals surface area contributed by atoms with Crippen LogP contribution in [0.1, 0.15) is 94.2 Å². The molecule has 0 radical (unpaired) electrons. The first-order chi connectivity index (χ1) is 25.2. The molecule has 10 rings (SSSR count). The van der Waals surface area contributed by atoms with Crippen molar-refractivity contribution in [3.05, 3.63) is 196 Å². The summed E-state index contributed by atoms with van der Waals surface area (Å²) in [5.41, 5.74) is 20.7. The van der Waals surface area contributed by atoms with Gasteiger partial charge in [0.1, 0.15) is 0 Å². The normalized spacial score (nSPS) is 19.5. The number of fused-ring (bicyclic) bond motifs is 12. The van der Waals surface area contributed by atoms with E-state index in [9.17, 15) is 4.79 Å². The lowest BCUT2D eigenvalue weighted by Crippen LogP contribution is -2.27. The lowest BCUT2D eigenvalue weighted by atomic mass is 9.68. The molecular formula is C50H40O. The standard InChI is InChI=1S/C50H40O/c1-2-12-32-23-29-46-43(31-32)40-16-7-9-20-44(40)50(46)45-21-10-8-18-42(45)49-36(19-11-22-47(49)50)34-26-24-33(25-27-34)35-28-30-48(51)41-17-6-5-15-39(41)38-14-4-3-13-37(35)38/h3-8,10-11,13-19,21-27,29,31,35H,2,9,12,20,28,30H2,1H3. The first-order valence-electron chi connectivity index (χ1n) is 18.8. The van der Waals surface area contributed by atoms with Gasteiger partial charge in [0.25, 0.3) is 0 Å². The summed E-state index contributed by atoms with van der Waals surface area (Å²) in [5, 5.41) is 0. The van der Waals surface area contributed by atoms with E-state index in [0.717, 1.165) is 43.2 Å². The maximum Gasteiger partial charge on any atom is 0.163 e. The lowest BCUT2D eigenvalue weighted by Gasteiger charge is -2.33. The van der Waals surface area contributed by atoms with Crippen molar-refractivity contribution in [2.24, 2.45) is 0 Å². The summed E-state index contributed by atoms with van der Waals surface area (Å²) in [6.07, 6.45) is 10.5. The van der Waals surface area contributed by atoms with Gasteiger partial charge in [-0.25, -0.2) is 0 Å². The fourth-order valence-corrected chi connectivity index (χ4v) is 10.1. The van der Waals surface area contributed by atoms with E-state index in [1.165, 1.54) is 72.3 Å². The van der Waals surface area contributed by atoms with Gasteiger partial charge in [0.2, 0.25) is 0 Å². The monoisotopic (exact) mass is 656 g/mol. The number of allylic oxidation sites excluding steroid dienone is 4. The third-order valence-corrected chi connectivity index (χ3v) is 12.1. The van der Waals surface area contributed by atoms with Crippen LogP contribution in [0.2, 0.25) is 0 Å². The molecule has 4 aliphatic rings. The second-order valence-electron chi connectivity index (χ2n) is 14.8. The molecule has 0 bridgehead atoms. The van der Waals surface area contributed by atoms with E-state index in [1.807, 2.05) is 18.2 Å². The highest BCUT2D eigenvalue weighted by Crippen LogP contribution is 2.64. The van der Waals surface area contributed by atoms with E-state index in [1.54, 1.807) is 5.57 Å². The van der Waals surface area contributed by atoms with E-state index in [4.69, 9.17) is 0 Å². The molecule has 0 saturated heterocycles. The van der Waals surface area contributed by atoms with E-state index in [-0.39, 0.29) is 17.1 Å². The van der Waals surface area contributed by atoms with Crippen LogP contribution in [0.25, 0.3) is 39.0 Å². The van der Waals surface area contributed by atoms with Crippen molar-refractivity contribution in [3.63, 3.8) is 0 Å². The number of hydrogen-bond acceptors (Lipinski definition) is 1. The van der Waals surface area contributed by atoms with E-state index >= 15 is 0 Å². The van der Waals surface area contributed by atoms with Gasteiger partial charge in [-0.15, -0.1) is 0 Å². The van der Waals surface area contributed by atoms with Crippen molar-refractivity contribution < 1.29 is 4.79 Å². The molecule has 0 fully saturated rings. The number of ketones is 1. The van der Waals surface area contributed by atoms with Gasteiger partial charge in [0, 0.05) is 17.9 Å². The molecule has 2 unspecified atom stereocenters. The van der Waals surface area contributed by atoms with Gasteiger partial charge in [-0.1, -0.05) is 159 Å². The Hall–Kier alpha value is -5.53. The van der Waals surface area contributed by atoms with Crippen LogP contribution in [0.4, 0.5) is 0 Å². The van der Waals surface area contributed by atoms with Crippen LogP contribution in [0.15, 0.2) is 151 Å². The third-order valence-electron chi connectivity index (χ3n) is 12.1. The van der Waals surface area contributed by atoms with Gasteiger partial charge in [-0.2, -0.15) is 0 Å². The topological polar surface area (TPSA) is 17.1 Å². The maximum absolute atomic E-state index is 13.4. The van der Waals surface area contributed by atoms with Gasteiger partial charge in [0.05, 0.1) is 5.41 Å². The zero-order chi connectivity index (χ0) is 34.1. The number of carbonyl (C=O) groups is 1. The zero-order valence-electron chi connectivity index (χ0n) is 29.1. The summed E-state index contributed by atoms with van der Waals surface area (Å²) in [4.78, 5) is 13.4. The Balaban J connectivity index is 1.12. The largest absolute Gasteiger partial charge is 0.294 e. The second kappa shape index (κ2) is 11.8. The molecule has 1 spiro atoms. The van der Waals surface area contributed by atoms with E-state index in [0.29, 0.717) is 6.42 Å². The number of rotatable bonds is 4. The van der Waals surface area contributed by atoms with Crippen molar-refractivity contribution >= 4 is 11.4 Å². The van der Waals surface area contributed by atoms with Gasteiger partial charge in [0.15, 0.2) is 5.78 Å². The van der Waals surface area contributed by atoms with Crippen molar-refractivity contribution in [2.45, 2.75) is 56.8 Å². The van der Waals surface area contributed by atoms with E-state index < -0.39 is 0 Å². The molecule has 246 valence electrons. The van der Waals surface area contributed by atoms with Gasteiger partial charge < -0.3 is 0 Å². The molecule has 0 aromatic heterocycles. The summed E-state index contributed by atoms with van der Waals surface area (Å²) in [6, 6.07) is 49.6. The molecule has 0 aliphatic heterocycles. The molecule has 6 aromatic rings. The molecule has 0 N–H and O–H groups in total. The van der Waals surface area contributed by atoms with Gasteiger partial charge in [-0.05, 0) is 109 Å². The highest BCUT2D eigenvalue weighted by Gasteiger charge is 2.53. The van der Waals surface area contributed by atoms with Crippen LogP contribution in [0.3, 0.4) is 0 Å². The second-order valence-corrected chi connectivity index (χ2v) is 14.8. The minimum absolute atomic E-state index is 0.148. The molecular weight excluding hydrogens is 617 g/mol. The molecule has 1 heteroatoms. The minimum Gasteiger partial charge on any atom is -0.294 e. The fourth-order valence-electron chi connectivity index (χ4n) is 10.1. The summed E-state index contributed by atoms with van der Waals surface area (Å²) in [6.45, 7) is 2.27. The molecule has 0 heterocycles. The van der Waals surface area contributed by atoms with Crippen LogP contribution in [-0.4, -0.2) is 5.78 Å². The highest BCUT2D eigenvalue weighted by molar-refractivity contribution is 6.03. The first kappa shape index (κ1) is 30.3. The van der Waals surface area contributed by atoms with Crippen LogP contribution >= 0.6 is 0 Å². The summed E-state index contributed by atoms with van der Waals surface area (Å²) >= 11 is 0. The fraction of sp³-hybridized carbons (Fsp3) is 0.180. The van der Waals surface area contributed by atoms with Crippen LogP contribution in [0, 0.1) is 0 Å². The number of carbonyl (C=O) groups excluding carboxylic acids is 1. The summed E-state index contributed by atoms with van der Waals surface area (Å²) in [5.74, 6) is 0.381. The van der Waals surface area contributed by atoms with Crippen molar-refractivity contribution in [2.75, 3.05) is 0 Å². The van der Waals surface area contributed by atoms with E-state index in [2.05, 4.69) is 134 Å². The quantitative estimate of drug-likeness (QED) is 0.185. The molecule has 51 heavy (non-hydrogen) atoms. The predicted molar refractivity (Wildman–Crippen MR) is 210 cm³/mol. The smallest absolute Gasteiger partial charge is 0.163 e. The predicted octanol–water partition coefficient (Wildman–Crippen LogP) is 12.5. The number of benzene rings is 6. The average molecular weight is 657 g/mol. The molecule has 4 aliphatic carbocycles. The van der Waals surface area contributed by atoms with Gasteiger partial charge >= 0.3 is 0 Å². The summed E-state index contributed by atoms with van der Waals surface area (Å²) in [7, 11) is 0. The zero-order valence-corrected chi connectivity index (χ0v) is 29.1. The Bertz CT molecular complexity index is 2450. The molecule has 0 amide bonds. The Kier molecular flexibility index (Phi) is 7.00. The minimum atomic E-state index is -0.270. The highest BCUT2D eigenvalue weighted by atomic mass is 16.1. The number of Topliss-reactive ketones (excluding diaryl/α,β-unsaturated/α-hetero) is 1. The maximum atomic E-state index is 13.4. The van der Waals surface area contributed by atoms with Crippen molar-refractivity contribution in [1.82, 2.24) is 0 Å². The van der Waals surface area contributed by atoms with Gasteiger partial charge in [-0.3, -0.25) is 4.79 Å². The Morgan fingerprint density at radius 2 is 1.33 bits per heavy atom. The Labute approximate surface area is 301 Å². The number of aryl methyl sites for hydroxylation is 1. The molecule has 6 aromatic carbocycles. The van der Waals surface area contributed by atoms with Crippen LogP contribution in [0.5, 0.6) is 0 Å². The Morgan fingerprint density at radius 3 is 2.18 bits per heavy atom. The van der Waals surface area contributed by atoms with Crippen molar-refractivity contribution in [1.29, 1.82) is 0 Å². The summed E-state index contributed by atoms with van der Waals surface area (Å²) < 4.78 is 0. The average Bonchev–Trinajstić information content (AvgIpc) is 3.65. The Morgan fingerprint density at radius 1 is 0.627 bits per heavy atom.